The smallest absolute Gasteiger partial charge is 0.254 e. The van der Waals surface area contributed by atoms with Gasteiger partial charge in [0.05, 0.1) is 10.0 Å². The standard InChI is InChI=1S/C12H18BrN3O/c1-15(2)7-8-16(3)12(17)9-5-4-6-10(14)11(9)13/h4-6H,7-8,14H2,1-3H3. The van der Waals surface area contributed by atoms with Gasteiger partial charge in [-0.25, -0.2) is 0 Å². The van der Waals surface area contributed by atoms with Gasteiger partial charge in [0.15, 0.2) is 0 Å². The monoisotopic (exact) mass is 299 g/mol. The van der Waals surface area contributed by atoms with Crippen molar-refractivity contribution in [2.75, 3.05) is 40.0 Å². The molecule has 0 aliphatic rings. The molecule has 0 bridgehead atoms. The molecule has 0 unspecified atom stereocenters. The SMILES string of the molecule is CN(C)CCN(C)C(=O)c1cccc(N)c1Br. The van der Waals surface area contributed by atoms with Crippen LogP contribution in [0.25, 0.3) is 0 Å². The van der Waals surface area contributed by atoms with Gasteiger partial charge in [-0.2, -0.15) is 0 Å². The van der Waals surface area contributed by atoms with Gasteiger partial charge >= 0.3 is 0 Å². The van der Waals surface area contributed by atoms with Crippen LogP contribution in [0, 0.1) is 0 Å². The first kappa shape index (κ1) is 14.0. The highest BCUT2D eigenvalue weighted by atomic mass is 79.9. The minimum absolute atomic E-state index is 0.0222. The summed E-state index contributed by atoms with van der Waals surface area (Å²) in [6.07, 6.45) is 0. The maximum atomic E-state index is 12.2. The molecule has 0 heterocycles. The van der Waals surface area contributed by atoms with E-state index in [1.54, 1.807) is 30.1 Å². The highest BCUT2D eigenvalue weighted by Crippen LogP contribution is 2.24. The molecule has 0 radical (unpaired) electrons. The number of benzene rings is 1. The zero-order valence-corrected chi connectivity index (χ0v) is 12.0. The highest BCUT2D eigenvalue weighted by molar-refractivity contribution is 9.10. The van der Waals surface area contributed by atoms with Crippen LogP contribution in [0.1, 0.15) is 10.4 Å². The molecule has 0 spiro atoms. The van der Waals surface area contributed by atoms with Crippen molar-refractivity contribution in [2.45, 2.75) is 0 Å². The Morgan fingerprint density at radius 2 is 1.94 bits per heavy atom. The Balaban J connectivity index is 2.78. The molecule has 17 heavy (non-hydrogen) atoms. The van der Waals surface area contributed by atoms with Crippen molar-refractivity contribution in [1.29, 1.82) is 0 Å². The second kappa shape index (κ2) is 6.02. The molecule has 1 aromatic carbocycles. The summed E-state index contributed by atoms with van der Waals surface area (Å²) in [5, 5.41) is 0. The Kier molecular flexibility index (Phi) is 4.96. The zero-order valence-electron chi connectivity index (χ0n) is 10.4. The summed E-state index contributed by atoms with van der Waals surface area (Å²) in [4.78, 5) is 15.9. The van der Waals surface area contributed by atoms with Gasteiger partial charge in [-0.05, 0) is 42.2 Å². The largest absolute Gasteiger partial charge is 0.398 e. The third-order valence-corrected chi connectivity index (χ3v) is 3.37. The van der Waals surface area contributed by atoms with E-state index in [0.29, 0.717) is 22.3 Å². The van der Waals surface area contributed by atoms with Gasteiger partial charge in [0, 0.05) is 25.8 Å². The molecule has 94 valence electrons. The average molecular weight is 300 g/mol. The van der Waals surface area contributed by atoms with Gasteiger partial charge in [-0.15, -0.1) is 0 Å². The van der Waals surface area contributed by atoms with Crippen molar-refractivity contribution >= 4 is 27.5 Å². The van der Waals surface area contributed by atoms with Crippen molar-refractivity contribution in [2.24, 2.45) is 0 Å². The maximum absolute atomic E-state index is 12.2. The lowest BCUT2D eigenvalue weighted by atomic mass is 10.2. The molecular weight excluding hydrogens is 282 g/mol. The molecule has 2 N–H and O–H groups in total. The number of nitrogen functional groups attached to an aromatic ring is 1. The molecule has 0 aromatic heterocycles. The Morgan fingerprint density at radius 3 is 2.53 bits per heavy atom. The maximum Gasteiger partial charge on any atom is 0.254 e. The number of carbonyl (C=O) groups excluding carboxylic acids is 1. The van der Waals surface area contributed by atoms with Gasteiger partial charge in [-0.3, -0.25) is 4.79 Å². The van der Waals surface area contributed by atoms with E-state index in [0.717, 1.165) is 6.54 Å². The number of likely N-dealkylation sites (N-methyl/N-ethyl adjacent to an activating group) is 2. The van der Waals surface area contributed by atoms with Crippen LogP contribution >= 0.6 is 15.9 Å². The first-order chi connectivity index (χ1) is 7.93. The Labute approximate surface area is 111 Å². The van der Waals surface area contributed by atoms with E-state index in [1.165, 1.54) is 0 Å². The number of nitrogens with two attached hydrogens (primary N) is 1. The minimum atomic E-state index is -0.0222. The summed E-state index contributed by atoms with van der Waals surface area (Å²) >= 11 is 3.35. The fourth-order valence-electron chi connectivity index (χ4n) is 1.37. The number of amides is 1. The van der Waals surface area contributed by atoms with E-state index in [2.05, 4.69) is 15.9 Å². The Bertz CT molecular complexity index is 407. The van der Waals surface area contributed by atoms with Crippen molar-refractivity contribution < 1.29 is 4.79 Å². The average Bonchev–Trinajstić information content (AvgIpc) is 2.28. The topological polar surface area (TPSA) is 49.6 Å². The third kappa shape index (κ3) is 3.71. The van der Waals surface area contributed by atoms with E-state index >= 15 is 0 Å². The summed E-state index contributed by atoms with van der Waals surface area (Å²) < 4.78 is 0.668. The predicted octanol–water partition coefficient (Wildman–Crippen LogP) is 1.66. The van der Waals surface area contributed by atoms with Crippen molar-refractivity contribution in [3.05, 3.63) is 28.2 Å². The van der Waals surface area contributed by atoms with Crippen molar-refractivity contribution in [3.63, 3.8) is 0 Å². The van der Waals surface area contributed by atoms with Gasteiger partial charge in [0.1, 0.15) is 0 Å². The van der Waals surface area contributed by atoms with E-state index in [9.17, 15) is 4.79 Å². The zero-order chi connectivity index (χ0) is 13.0. The molecule has 0 saturated heterocycles. The molecule has 1 aromatic rings. The Morgan fingerprint density at radius 1 is 1.29 bits per heavy atom. The molecule has 0 fully saturated rings. The van der Waals surface area contributed by atoms with Crippen LogP contribution in [0.3, 0.4) is 0 Å². The molecule has 0 saturated carbocycles. The fourth-order valence-corrected chi connectivity index (χ4v) is 1.81. The van der Waals surface area contributed by atoms with E-state index in [4.69, 9.17) is 5.73 Å². The Hall–Kier alpha value is -1.07. The van der Waals surface area contributed by atoms with Gasteiger partial charge in [0.25, 0.3) is 5.91 Å². The normalized spacial score (nSPS) is 10.6. The molecule has 0 atom stereocenters. The lowest BCUT2D eigenvalue weighted by Crippen LogP contribution is -2.33. The predicted molar refractivity (Wildman–Crippen MR) is 74.1 cm³/mol. The molecule has 1 amide bonds. The van der Waals surface area contributed by atoms with Crippen molar-refractivity contribution in [1.82, 2.24) is 9.80 Å². The first-order valence-electron chi connectivity index (χ1n) is 5.37. The first-order valence-corrected chi connectivity index (χ1v) is 6.17. The van der Waals surface area contributed by atoms with Gasteiger partial charge < -0.3 is 15.5 Å². The summed E-state index contributed by atoms with van der Waals surface area (Å²) in [7, 11) is 5.75. The number of hydrogen-bond donors (Lipinski definition) is 1. The second-order valence-corrected chi connectivity index (χ2v) is 5.03. The second-order valence-electron chi connectivity index (χ2n) is 4.24. The van der Waals surface area contributed by atoms with E-state index in [-0.39, 0.29) is 5.91 Å². The number of nitrogens with zero attached hydrogens (tertiary/aromatic N) is 2. The van der Waals surface area contributed by atoms with Crippen molar-refractivity contribution in [3.8, 4) is 0 Å². The summed E-state index contributed by atoms with van der Waals surface area (Å²) in [5.41, 5.74) is 6.94. The number of rotatable bonds is 4. The van der Waals surface area contributed by atoms with Crippen LogP contribution in [0.15, 0.2) is 22.7 Å². The van der Waals surface area contributed by atoms with E-state index in [1.807, 2.05) is 19.0 Å². The summed E-state index contributed by atoms with van der Waals surface area (Å²) in [6, 6.07) is 5.32. The molecule has 5 heteroatoms. The summed E-state index contributed by atoms with van der Waals surface area (Å²) in [6.45, 7) is 1.52. The number of halogens is 1. The fraction of sp³-hybridized carbons (Fsp3) is 0.417. The lowest BCUT2D eigenvalue weighted by Gasteiger charge is -2.20. The molecule has 1 rings (SSSR count). The molecule has 0 aliphatic heterocycles. The minimum Gasteiger partial charge on any atom is -0.398 e. The van der Waals surface area contributed by atoms with Crippen LogP contribution in [0.4, 0.5) is 5.69 Å². The van der Waals surface area contributed by atoms with Crippen LogP contribution in [0.5, 0.6) is 0 Å². The van der Waals surface area contributed by atoms with Crippen LogP contribution < -0.4 is 5.73 Å². The number of carbonyl (C=O) groups is 1. The molecular formula is C12H18BrN3O. The van der Waals surface area contributed by atoms with Crippen LogP contribution in [0.2, 0.25) is 0 Å². The molecule has 4 nitrogen and oxygen atoms in total. The van der Waals surface area contributed by atoms with Crippen LogP contribution in [-0.2, 0) is 0 Å². The highest BCUT2D eigenvalue weighted by Gasteiger charge is 2.15. The summed E-state index contributed by atoms with van der Waals surface area (Å²) in [5.74, 6) is -0.0222. The van der Waals surface area contributed by atoms with Gasteiger partial charge in [0.2, 0.25) is 0 Å². The van der Waals surface area contributed by atoms with Gasteiger partial charge in [-0.1, -0.05) is 6.07 Å². The third-order valence-electron chi connectivity index (χ3n) is 2.49. The number of anilines is 1. The molecule has 0 aliphatic carbocycles. The van der Waals surface area contributed by atoms with Crippen LogP contribution in [-0.4, -0.2) is 49.9 Å². The van der Waals surface area contributed by atoms with E-state index < -0.39 is 0 Å². The number of hydrogen-bond acceptors (Lipinski definition) is 3. The quantitative estimate of drug-likeness (QED) is 0.861. The lowest BCUT2D eigenvalue weighted by molar-refractivity contribution is 0.0785.